The molecule has 8 heteroatoms. The van der Waals surface area contributed by atoms with Crippen LogP contribution < -0.4 is 0 Å². The van der Waals surface area contributed by atoms with Crippen LogP contribution in [0.5, 0.6) is 0 Å². The molecule has 4 saturated carbocycles. The number of thiocarbonyl (C=S) groups is 2. The maximum atomic E-state index is 6.06. The van der Waals surface area contributed by atoms with Gasteiger partial charge in [-0.15, -0.1) is 0 Å². The van der Waals surface area contributed by atoms with Gasteiger partial charge in [-0.3, -0.25) is 0 Å². The monoisotopic (exact) mass is 660 g/mol. The molecule has 4 fully saturated rings. The third-order valence-corrected chi connectivity index (χ3v) is 15.8. The van der Waals surface area contributed by atoms with Crippen molar-refractivity contribution in [2.24, 2.45) is 0 Å². The summed E-state index contributed by atoms with van der Waals surface area (Å²) in [6.45, 7) is 0. The summed E-state index contributed by atoms with van der Waals surface area (Å²) >= 11 is 12.1. The second-order valence-corrected chi connectivity index (χ2v) is 18.8. The van der Waals surface area contributed by atoms with Crippen LogP contribution in [-0.2, 0) is 0 Å². The smallest absolute Gasteiger partial charge is 0.147 e. The molecule has 0 bridgehead atoms. The highest BCUT2D eigenvalue weighted by Gasteiger charge is 2.32. The van der Waals surface area contributed by atoms with Gasteiger partial charge in [0.1, 0.15) is 8.64 Å². The van der Waals surface area contributed by atoms with Crippen molar-refractivity contribution in [1.29, 1.82) is 0 Å². The van der Waals surface area contributed by atoms with Crippen molar-refractivity contribution < 1.29 is 0 Å². The molecule has 4 rings (SSSR count). The lowest BCUT2D eigenvalue weighted by molar-refractivity contribution is 0.164. The van der Waals surface area contributed by atoms with E-state index in [2.05, 4.69) is 9.80 Å². The first kappa shape index (κ1) is 34.1. The molecule has 0 aromatic carbocycles. The van der Waals surface area contributed by atoms with Gasteiger partial charge >= 0.3 is 0 Å². The highest BCUT2D eigenvalue weighted by Crippen LogP contribution is 2.37. The second-order valence-electron chi connectivity index (χ2n) is 12.7. The van der Waals surface area contributed by atoms with E-state index in [9.17, 15) is 0 Å². The lowest BCUT2D eigenvalue weighted by Crippen LogP contribution is -2.47. The average Bonchev–Trinajstić information content (AvgIpc) is 3.00. The zero-order valence-corrected chi connectivity index (χ0v) is 29.9. The predicted octanol–water partition coefficient (Wildman–Crippen LogP) is 11.8. The van der Waals surface area contributed by atoms with Gasteiger partial charge in [0, 0.05) is 35.7 Å². The van der Waals surface area contributed by atoms with Crippen molar-refractivity contribution in [2.45, 2.75) is 178 Å². The molecular formula is C32H56N2S6. The minimum absolute atomic E-state index is 0.720. The largest absolute Gasteiger partial charge is 0.351 e. The Hall–Kier alpha value is 1.18. The summed E-state index contributed by atoms with van der Waals surface area (Å²) in [4.78, 5) is 5.46. The van der Waals surface area contributed by atoms with Crippen molar-refractivity contribution >= 4 is 76.3 Å². The zero-order chi connectivity index (χ0) is 27.8. The predicted molar refractivity (Wildman–Crippen MR) is 195 cm³/mol. The van der Waals surface area contributed by atoms with Crippen molar-refractivity contribution in [3.05, 3.63) is 0 Å². The Kier molecular flexibility index (Phi) is 17.2. The minimum Gasteiger partial charge on any atom is -0.351 e. The van der Waals surface area contributed by atoms with Gasteiger partial charge in [0.05, 0.1) is 0 Å². The fraction of sp³-hybridized carbons (Fsp3) is 0.938. The number of nitrogens with zero attached hydrogens (tertiary/aromatic N) is 2. The first-order chi connectivity index (χ1) is 19.7. The second kappa shape index (κ2) is 20.3. The van der Waals surface area contributed by atoms with Gasteiger partial charge in [-0.2, -0.15) is 0 Å². The van der Waals surface area contributed by atoms with Crippen molar-refractivity contribution in [3.8, 4) is 0 Å². The van der Waals surface area contributed by atoms with Gasteiger partial charge in [0.15, 0.2) is 0 Å². The molecule has 40 heavy (non-hydrogen) atoms. The van der Waals surface area contributed by atoms with E-state index in [1.807, 2.05) is 43.2 Å². The molecule has 2 nitrogen and oxygen atoms in total. The minimum atomic E-state index is 0.720. The van der Waals surface area contributed by atoms with Gasteiger partial charge in [0.25, 0.3) is 0 Å². The highest BCUT2D eigenvalue weighted by atomic mass is 33.1. The molecule has 4 aliphatic rings. The Bertz CT molecular complexity index is 616. The van der Waals surface area contributed by atoms with E-state index >= 15 is 0 Å². The van der Waals surface area contributed by atoms with Crippen molar-refractivity contribution in [2.75, 3.05) is 11.5 Å². The fourth-order valence-electron chi connectivity index (χ4n) is 7.58. The van der Waals surface area contributed by atoms with E-state index in [-0.39, 0.29) is 0 Å². The highest BCUT2D eigenvalue weighted by molar-refractivity contribution is 8.84. The van der Waals surface area contributed by atoms with Crippen LogP contribution in [0.4, 0.5) is 0 Å². The molecule has 0 saturated heterocycles. The SMILES string of the molecule is S=C(SSCCCCCCSSC(=S)N(C1CCCCC1)C1CCCCC1)N(C1CCCCC1)C1CCCCC1. The number of hydrogen-bond acceptors (Lipinski definition) is 6. The van der Waals surface area contributed by atoms with E-state index in [1.165, 1.54) is 174 Å². The van der Waals surface area contributed by atoms with Crippen LogP contribution in [0, 0.1) is 0 Å². The van der Waals surface area contributed by atoms with Crippen molar-refractivity contribution in [3.63, 3.8) is 0 Å². The van der Waals surface area contributed by atoms with Crippen LogP contribution in [0.3, 0.4) is 0 Å². The average molecular weight is 661 g/mol. The zero-order valence-electron chi connectivity index (χ0n) is 25.0. The van der Waals surface area contributed by atoms with E-state index < -0.39 is 0 Å². The molecule has 0 amide bonds. The van der Waals surface area contributed by atoms with Gasteiger partial charge in [-0.05, 0) is 85.8 Å². The van der Waals surface area contributed by atoms with Crippen LogP contribution in [0.25, 0.3) is 0 Å². The molecule has 0 aromatic rings. The fourth-order valence-corrected chi connectivity index (χ4v) is 13.1. The molecule has 4 aliphatic carbocycles. The van der Waals surface area contributed by atoms with E-state index in [0.29, 0.717) is 0 Å². The third kappa shape index (κ3) is 11.6. The standard InChI is InChI=1S/C32H56N2S6/c35-31(33(27-17-7-3-8-18-27)28-19-9-4-10-20-28)39-37-25-15-1-2-16-26-38-40-32(36)34(29-21-11-5-12-22-29)30-23-13-6-14-24-30/h27-30H,1-26H2. The number of rotatable bonds is 13. The normalized spacial score (nSPS) is 22.3. The van der Waals surface area contributed by atoms with Gasteiger partial charge in [-0.1, -0.05) is 136 Å². The number of hydrogen-bond donors (Lipinski definition) is 0. The quantitative estimate of drug-likeness (QED) is 0.108. The molecule has 230 valence electrons. The molecule has 0 unspecified atom stereocenters. The van der Waals surface area contributed by atoms with E-state index in [4.69, 9.17) is 24.4 Å². The maximum absolute atomic E-state index is 6.06. The van der Waals surface area contributed by atoms with E-state index in [1.54, 1.807) is 0 Å². The summed E-state index contributed by atoms with van der Waals surface area (Å²) in [5.41, 5.74) is 0. The lowest BCUT2D eigenvalue weighted by Gasteiger charge is -2.43. The topological polar surface area (TPSA) is 6.48 Å². The number of unbranched alkanes of at least 4 members (excludes halogenated alkanes) is 3. The third-order valence-electron chi connectivity index (χ3n) is 9.76. The Morgan fingerprint density at radius 1 is 0.425 bits per heavy atom. The van der Waals surface area contributed by atoms with Crippen LogP contribution >= 0.6 is 67.6 Å². The van der Waals surface area contributed by atoms with Crippen LogP contribution in [0.2, 0.25) is 0 Å². The van der Waals surface area contributed by atoms with Gasteiger partial charge in [0.2, 0.25) is 0 Å². The summed E-state index contributed by atoms with van der Waals surface area (Å²) in [7, 11) is 7.88. The Labute approximate surface area is 274 Å². The molecule has 0 aromatic heterocycles. The summed E-state index contributed by atoms with van der Waals surface area (Å²) in [6.07, 6.45) is 33.1. The summed E-state index contributed by atoms with van der Waals surface area (Å²) in [5.74, 6) is 2.47. The molecule has 0 heterocycles. The molecule has 0 radical (unpaired) electrons. The molecule has 0 N–H and O–H groups in total. The van der Waals surface area contributed by atoms with Gasteiger partial charge in [-0.25, -0.2) is 0 Å². The van der Waals surface area contributed by atoms with Crippen molar-refractivity contribution in [1.82, 2.24) is 9.80 Å². The maximum Gasteiger partial charge on any atom is 0.147 e. The summed E-state index contributed by atoms with van der Waals surface area (Å²) in [5, 5.41) is 0. The molecule has 0 spiro atoms. The van der Waals surface area contributed by atoms with Crippen LogP contribution in [0.1, 0.15) is 154 Å². The summed E-state index contributed by atoms with van der Waals surface area (Å²) in [6, 6.07) is 2.88. The Morgan fingerprint density at radius 2 is 0.700 bits per heavy atom. The van der Waals surface area contributed by atoms with Gasteiger partial charge < -0.3 is 9.80 Å². The molecule has 0 aliphatic heterocycles. The molecular weight excluding hydrogens is 605 g/mol. The van der Waals surface area contributed by atoms with Crippen LogP contribution in [0.15, 0.2) is 0 Å². The Morgan fingerprint density at radius 3 is 0.975 bits per heavy atom. The first-order valence-corrected chi connectivity index (χ1v) is 22.4. The lowest BCUT2D eigenvalue weighted by atomic mass is 9.89. The summed E-state index contributed by atoms with van der Waals surface area (Å²) < 4.78 is 2.40. The van der Waals surface area contributed by atoms with E-state index in [0.717, 1.165) is 24.2 Å². The first-order valence-electron chi connectivity index (χ1n) is 17.0. The molecule has 0 atom stereocenters. The Balaban J connectivity index is 1.06. The van der Waals surface area contributed by atoms with Crippen LogP contribution in [-0.4, -0.2) is 54.1 Å².